The van der Waals surface area contributed by atoms with Gasteiger partial charge in [0.1, 0.15) is 0 Å². The summed E-state index contributed by atoms with van der Waals surface area (Å²) in [6, 6.07) is 7.00. The highest BCUT2D eigenvalue weighted by Gasteiger charge is 2.28. The van der Waals surface area contributed by atoms with Crippen LogP contribution in [0.1, 0.15) is 31.9 Å². The Labute approximate surface area is 182 Å². The van der Waals surface area contributed by atoms with E-state index in [1.165, 1.54) is 6.07 Å². The zero-order chi connectivity index (χ0) is 19.2. The van der Waals surface area contributed by atoms with Crippen LogP contribution in [0.25, 0.3) is 0 Å². The van der Waals surface area contributed by atoms with Crippen molar-refractivity contribution in [2.24, 2.45) is 10.9 Å². The molecule has 3 rings (SSSR count). The van der Waals surface area contributed by atoms with Gasteiger partial charge in [-0.2, -0.15) is 0 Å². The first-order valence-corrected chi connectivity index (χ1v) is 9.32. The molecule has 0 saturated carbocycles. The van der Waals surface area contributed by atoms with Crippen molar-refractivity contribution in [3.8, 4) is 0 Å². The molecule has 0 radical (unpaired) electrons. The number of guanidine groups is 1. The van der Waals surface area contributed by atoms with E-state index >= 15 is 0 Å². The molecule has 9 heteroatoms. The van der Waals surface area contributed by atoms with Crippen LogP contribution in [0, 0.1) is 16.0 Å². The number of nitrogens with zero attached hydrogens (tertiary/aromatic N) is 5. The first-order valence-electron chi connectivity index (χ1n) is 9.32. The summed E-state index contributed by atoms with van der Waals surface area (Å²) in [5, 5.41) is 14.3. The van der Waals surface area contributed by atoms with Gasteiger partial charge in [0.05, 0.1) is 23.8 Å². The summed E-state index contributed by atoms with van der Waals surface area (Å²) < 4.78 is 2.17. The smallest absolute Gasteiger partial charge is 0.269 e. The highest BCUT2D eigenvalue weighted by atomic mass is 127. The van der Waals surface area contributed by atoms with Crippen LogP contribution in [-0.2, 0) is 6.54 Å². The van der Waals surface area contributed by atoms with Gasteiger partial charge in [-0.25, -0.2) is 9.98 Å². The van der Waals surface area contributed by atoms with Gasteiger partial charge in [-0.05, 0) is 24.8 Å². The maximum atomic E-state index is 11.0. The number of aliphatic imine (C=N–C) groups is 1. The topological polar surface area (TPSA) is 88.6 Å². The lowest BCUT2D eigenvalue weighted by Gasteiger charge is -2.39. The van der Waals surface area contributed by atoms with Gasteiger partial charge in [0, 0.05) is 44.2 Å². The average molecular weight is 498 g/mol. The van der Waals surface area contributed by atoms with Gasteiger partial charge < -0.3 is 14.8 Å². The van der Waals surface area contributed by atoms with Crippen molar-refractivity contribution >= 4 is 35.6 Å². The Morgan fingerprint density at radius 1 is 1.46 bits per heavy atom. The summed E-state index contributed by atoms with van der Waals surface area (Å²) in [6.07, 6.45) is 6.77. The van der Waals surface area contributed by atoms with E-state index in [2.05, 4.69) is 26.7 Å². The minimum atomic E-state index is -0.375. The normalized spacial score (nSPS) is 19.8. The molecule has 152 valence electrons. The molecule has 8 nitrogen and oxygen atoms in total. The lowest BCUT2D eigenvalue weighted by molar-refractivity contribution is -0.384. The maximum Gasteiger partial charge on any atom is 0.269 e. The third-order valence-corrected chi connectivity index (χ3v) is 4.99. The Hall–Kier alpha value is -2.17. The first kappa shape index (κ1) is 22.1. The Bertz CT molecular complexity index is 795. The number of rotatable bonds is 5. The van der Waals surface area contributed by atoms with Crippen molar-refractivity contribution in [1.82, 2.24) is 19.8 Å². The second-order valence-electron chi connectivity index (χ2n) is 6.89. The average Bonchev–Trinajstić information content (AvgIpc) is 3.20. The Balaban J connectivity index is 0.00000280. The van der Waals surface area contributed by atoms with Crippen molar-refractivity contribution in [2.75, 3.05) is 19.6 Å². The van der Waals surface area contributed by atoms with Crippen molar-refractivity contribution in [3.63, 3.8) is 0 Å². The molecule has 1 aliphatic heterocycles. The third-order valence-electron chi connectivity index (χ3n) is 4.99. The van der Waals surface area contributed by atoms with Crippen molar-refractivity contribution in [2.45, 2.75) is 32.9 Å². The number of imidazole rings is 1. The molecule has 2 heterocycles. The van der Waals surface area contributed by atoms with E-state index in [9.17, 15) is 10.1 Å². The molecule has 0 bridgehead atoms. The Morgan fingerprint density at radius 2 is 2.29 bits per heavy atom. The number of likely N-dealkylation sites (tertiary alicyclic amines) is 1. The summed E-state index contributed by atoms with van der Waals surface area (Å²) in [6.45, 7) is 7.30. The molecule has 0 aliphatic carbocycles. The molecule has 1 aliphatic rings. The largest absolute Gasteiger partial charge is 0.357 e. The van der Waals surface area contributed by atoms with Crippen LogP contribution >= 0.6 is 24.0 Å². The molecule has 1 saturated heterocycles. The van der Waals surface area contributed by atoms with E-state index in [1.807, 2.05) is 31.7 Å². The van der Waals surface area contributed by atoms with Crippen LogP contribution < -0.4 is 5.32 Å². The molecular formula is C19H27IN6O2. The number of hydrogen-bond acceptors (Lipinski definition) is 4. The number of non-ortho nitro benzene ring substituents is 1. The molecular weight excluding hydrogens is 471 g/mol. The van der Waals surface area contributed by atoms with Gasteiger partial charge in [0.25, 0.3) is 5.69 Å². The van der Waals surface area contributed by atoms with Crippen LogP contribution in [0.3, 0.4) is 0 Å². The van der Waals surface area contributed by atoms with E-state index in [4.69, 9.17) is 4.99 Å². The summed E-state index contributed by atoms with van der Waals surface area (Å²) in [5.74, 6) is 1.41. The van der Waals surface area contributed by atoms with E-state index in [0.29, 0.717) is 18.5 Å². The highest BCUT2D eigenvalue weighted by molar-refractivity contribution is 14.0. The molecule has 2 atom stereocenters. The molecule has 28 heavy (non-hydrogen) atoms. The third kappa shape index (κ3) is 5.43. The predicted octanol–water partition coefficient (Wildman–Crippen LogP) is 3.46. The maximum absolute atomic E-state index is 11.0. The number of halogens is 1. The quantitative estimate of drug-likeness (QED) is 0.224. The SMILES string of the molecule is CCNC(=NCc1cccc([N+](=O)[O-])c1)N1CCC(C)C(n2ccnc2)C1.I. The summed E-state index contributed by atoms with van der Waals surface area (Å²) in [4.78, 5) is 21.8. The number of piperidine rings is 1. The van der Waals surface area contributed by atoms with Crippen molar-refractivity contribution < 1.29 is 4.92 Å². The van der Waals surface area contributed by atoms with E-state index in [1.54, 1.807) is 12.1 Å². The van der Waals surface area contributed by atoms with Crippen molar-refractivity contribution in [3.05, 3.63) is 58.7 Å². The second kappa shape index (κ2) is 10.4. The van der Waals surface area contributed by atoms with Gasteiger partial charge in [-0.15, -0.1) is 24.0 Å². The van der Waals surface area contributed by atoms with Crippen molar-refractivity contribution in [1.29, 1.82) is 0 Å². The molecule has 0 spiro atoms. The summed E-state index contributed by atoms with van der Waals surface area (Å²) in [5.41, 5.74) is 0.927. The number of nitro benzene ring substituents is 1. The number of hydrogen-bond donors (Lipinski definition) is 1. The predicted molar refractivity (Wildman–Crippen MR) is 120 cm³/mol. The molecule has 1 aromatic carbocycles. The molecule has 1 aromatic heterocycles. The fourth-order valence-electron chi connectivity index (χ4n) is 3.46. The highest BCUT2D eigenvalue weighted by Crippen LogP contribution is 2.27. The number of benzene rings is 1. The van der Waals surface area contributed by atoms with Gasteiger partial charge in [-0.3, -0.25) is 10.1 Å². The van der Waals surface area contributed by atoms with Gasteiger partial charge in [-0.1, -0.05) is 19.1 Å². The number of nitro groups is 1. The zero-order valence-electron chi connectivity index (χ0n) is 16.2. The van der Waals surface area contributed by atoms with Crippen LogP contribution in [0.2, 0.25) is 0 Å². The van der Waals surface area contributed by atoms with E-state index in [-0.39, 0.29) is 34.6 Å². The van der Waals surface area contributed by atoms with Gasteiger partial charge in [0.15, 0.2) is 5.96 Å². The number of nitrogens with one attached hydrogen (secondary N) is 1. The molecule has 2 aromatic rings. The Morgan fingerprint density at radius 3 is 2.96 bits per heavy atom. The number of aromatic nitrogens is 2. The van der Waals surface area contributed by atoms with Crippen LogP contribution in [-0.4, -0.2) is 45.0 Å². The summed E-state index contributed by atoms with van der Waals surface area (Å²) in [7, 11) is 0. The fraction of sp³-hybridized carbons (Fsp3) is 0.474. The monoisotopic (exact) mass is 498 g/mol. The second-order valence-corrected chi connectivity index (χ2v) is 6.89. The molecule has 1 fully saturated rings. The minimum Gasteiger partial charge on any atom is -0.357 e. The summed E-state index contributed by atoms with van der Waals surface area (Å²) >= 11 is 0. The van der Waals surface area contributed by atoms with Crippen LogP contribution in [0.5, 0.6) is 0 Å². The van der Waals surface area contributed by atoms with Gasteiger partial charge in [0.2, 0.25) is 0 Å². The fourth-order valence-corrected chi connectivity index (χ4v) is 3.46. The molecule has 2 unspecified atom stereocenters. The van der Waals surface area contributed by atoms with Gasteiger partial charge >= 0.3 is 0 Å². The molecule has 1 N–H and O–H groups in total. The standard InChI is InChI=1S/C19H26N6O2.HI/c1-3-21-19(22-12-16-5-4-6-17(11-16)25(26)27)23-9-7-15(2)18(13-23)24-10-8-20-14-24;/h4-6,8,10-11,14-15,18H,3,7,9,12-13H2,1-2H3,(H,21,22);1H. The lowest BCUT2D eigenvalue weighted by atomic mass is 9.93. The van der Waals surface area contributed by atoms with E-state index < -0.39 is 0 Å². The zero-order valence-corrected chi connectivity index (χ0v) is 18.5. The molecule has 0 amide bonds. The lowest BCUT2D eigenvalue weighted by Crippen LogP contribution is -2.49. The van der Waals surface area contributed by atoms with Crippen LogP contribution in [0.15, 0.2) is 48.0 Å². The van der Waals surface area contributed by atoms with E-state index in [0.717, 1.165) is 37.6 Å². The Kier molecular flexibility index (Phi) is 8.21. The first-order chi connectivity index (χ1) is 13.1. The minimum absolute atomic E-state index is 0. The van der Waals surface area contributed by atoms with Crippen LogP contribution in [0.4, 0.5) is 5.69 Å².